The normalized spacial score (nSPS) is 20.3. The van der Waals surface area contributed by atoms with E-state index in [1.165, 1.54) is 24.2 Å². The van der Waals surface area contributed by atoms with Crippen LogP contribution in [0.2, 0.25) is 0 Å². The molecule has 1 aliphatic heterocycles. The number of thiophene rings is 1. The molecule has 2 aliphatic rings. The first-order valence-electron chi connectivity index (χ1n) is 8.38. The van der Waals surface area contributed by atoms with Crippen molar-refractivity contribution >= 4 is 28.8 Å². The highest BCUT2D eigenvalue weighted by Crippen LogP contribution is 2.30. The monoisotopic (exact) mass is 344 g/mol. The molecule has 1 saturated carbocycles. The van der Waals surface area contributed by atoms with Gasteiger partial charge in [0.1, 0.15) is 6.04 Å². The maximum absolute atomic E-state index is 12.6. The maximum atomic E-state index is 12.6. The first kappa shape index (κ1) is 15.4. The van der Waals surface area contributed by atoms with Crippen molar-refractivity contribution in [1.82, 2.24) is 14.7 Å². The third-order valence-corrected chi connectivity index (χ3v) is 5.45. The molecule has 1 atom stereocenters. The standard InChI is InChI=1S/C17H20N4O2S/c22-16(19-13-9-18-20(11-13)10-12-5-6-12)14-3-1-7-21(14)17(23)15-4-2-8-24-15/h2,4,8-9,11-12,14H,1,3,5-7,10H2,(H,19,22)/t14-/m0/s1. The van der Waals surface area contributed by atoms with Gasteiger partial charge in [0, 0.05) is 19.3 Å². The van der Waals surface area contributed by atoms with Gasteiger partial charge in [-0.25, -0.2) is 0 Å². The first-order chi connectivity index (χ1) is 11.7. The van der Waals surface area contributed by atoms with Crippen LogP contribution in [0.4, 0.5) is 5.69 Å². The van der Waals surface area contributed by atoms with Gasteiger partial charge in [0.2, 0.25) is 5.91 Å². The van der Waals surface area contributed by atoms with Gasteiger partial charge >= 0.3 is 0 Å². The number of anilines is 1. The third-order valence-electron chi connectivity index (χ3n) is 4.59. The quantitative estimate of drug-likeness (QED) is 0.906. The topological polar surface area (TPSA) is 67.2 Å². The lowest BCUT2D eigenvalue weighted by Gasteiger charge is -2.23. The molecule has 1 N–H and O–H groups in total. The zero-order valence-corrected chi connectivity index (χ0v) is 14.2. The molecule has 4 rings (SSSR count). The van der Waals surface area contributed by atoms with Gasteiger partial charge in [0.25, 0.3) is 5.91 Å². The molecule has 1 saturated heterocycles. The van der Waals surface area contributed by atoms with Crippen molar-refractivity contribution in [1.29, 1.82) is 0 Å². The molecular weight excluding hydrogens is 324 g/mol. The lowest BCUT2D eigenvalue weighted by Crippen LogP contribution is -2.42. The Hall–Kier alpha value is -2.15. The molecule has 6 nitrogen and oxygen atoms in total. The van der Waals surface area contributed by atoms with Gasteiger partial charge in [-0.1, -0.05) is 6.07 Å². The maximum Gasteiger partial charge on any atom is 0.264 e. The molecule has 0 spiro atoms. The highest BCUT2D eigenvalue weighted by atomic mass is 32.1. The van der Waals surface area contributed by atoms with E-state index >= 15 is 0 Å². The summed E-state index contributed by atoms with van der Waals surface area (Å²) >= 11 is 1.41. The summed E-state index contributed by atoms with van der Waals surface area (Å²) in [7, 11) is 0. The summed E-state index contributed by atoms with van der Waals surface area (Å²) < 4.78 is 1.89. The van der Waals surface area contributed by atoms with Crippen molar-refractivity contribution in [3.8, 4) is 0 Å². The van der Waals surface area contributed by atoms with Crippen LogP contribution in [0, 0.1) is 5.92 Å². The van der Waals surface area contributed by atoms with Crippen molar-refractivity contribution in [2.45, 2.75) is 38.3 Å². The minimum Gasteiger partial charge on any atom is -0.326 e. The number of hydrogen-bond donors (Lipinski definition) is 1. The number of hydrogen-bond acceptors (Lipinski definition) is 4. The van der Waals surface area contributed by atoms with E-state index in [1.807, 2.05) is 28.4 Å². The van der Waals surface area contributed by atoms with Crippen LogP contribution in [-0.4, -0.2) is 39.1 Å². The summed E-state index contributed by atoms with van der Waals surface area (Å²) in [6.45, 7) is 1.55. The van der Waals surface area contributed by atoms with E-state index in [0.29, 0.717) is 23.5 Å². The van der Waals surface area contributed by atoms with Crippen LogP contribution in [0.3, 0.4) is 0 Å². The number of carbonyl (C=O) groups is 2. The van der Waals surface area contributed by atoms with E-state index in [4.69, 9.17) is 0 Å². The van der Waals surface area contributed by atoms with Crippen LogP contribution in [0.1, 0.15) is 35.4 Å². The third kappa shape index (κ3) is 3.21. The molecule has 24 heavy (non-hydrogen) atoms. The summed E-state index contributed by atoms with van der Waals surface area (Å²) in [5.41, 5.74) is 0.705. The fourth-order valence-electron chi connectivity index (χ4n) is 3.14. The minimum absolute atomic E-state index is 0.0490. The number of rotatable bonds is 5. The number of likely N-dealkylation sites (tertiary alicyclic amines) is 1. The van der Waals surface area contributed by atoms with Crippen molar-refractivity contribution in [3.63, 3.8) is 0 Å². The largest absolute Gasteiger partial charge is 0.326 e. The molecular formula is C17H20N4O2S. The van der Waals surface area contributed by atoms with E-state index in [1.54, 1.807) is 11.1 Å². The highest BCUT2D eigenvalue weighted by Gasteiger charge is 2.35. The predicted molar refractivity (Wildman–Crippen MR) is 92.0 cm³/mol. The van der Waals surface area contributed by atoms with Crippen LogP contribution < -0.4 is 5.32 Å². The molecule has 126 valence electrons. The van der Waals surface area contributed by atoms with E-state index < -0.39 is 6.04 Å². The number of aromatic nitrogens is 2. The molecule has 2 aromatic rings. The average molecular weight is 344 g/mol. The van der Waals surface area contributed by atoms with Crippen molar-refractivity contribution in [2.24, 2.45) is 5.92 Å². The summed E-state index contributed by atoms with van der Waals surface area (Å²) in [6.07, 6.45) is 7.65. The molecule has 0 aromatic carbocycles. The molecule has 2 amide bonds. The fraction of sp³-hybridized carbons (Fsp3) is 0.471. The second-order valence-electron chi connectivity index (χ2n) is 6.52. The van der Waals surface area contributed by atoms with Crippen LogP contribution in [0.5, 0.6) is 0 Å². The Balaban J connectivity index is 1.41. The fourth-order valence-corrected chi connectivity index (χ4v) is 3.82. The molecule has 0 bridgehead atoms. The van der Waals surface area contributed by atoms with E-state index in [-0.39, 0.29) is 11.8 Å². The number of nitrogens with zero attached hydrogens (tertiary/aromatic N) is 3. The Morgan fingerprint density at radius 1 is 1.33 bits per heavy atom. The second kappa shape index (κ2) is 6.39. The summed E-state index contributed by atoms with van der Waals surface area (Å²) in [6, 6.07) is 3.27. The molecule has 3 heterocycles. The Kier molecular flexibility index (Phi) is 4.10. The zero-order valence-electron chi connectivity index (χ0n) is 13.4. The Morgan fingerprint density at radius 3 is 2.96 bits per heavy atom. The minimum atomic E-state index is -0.397. The van der Waals surface area contributed by atoms with E-state index in [9.17, 15) is 9.59 Å². The molecule has 2 aromatic heterocycles. The van der Waals surface area contributed by atoms with E-state index in [2.05, 4.69) is 10.4 Å². The van der Waals surface area contributed by atoms with Gasteiger partial charge in [-0.05, 0) is 43.0 Å². The molecule has 1 aliphatic carbocycles. The van der Waals surface area contributed by atoms with Crippen molar-refractivity contribution in [2.75, 3.05) is 11.9 Å². The van der Waals surface area contributed by atoms with Gasteiger partial charge in [-0.15, -0.1) is 11.3 Å². The van der Waals surface area contributed by atoms with Gasteiger partial charge in [0.15, 0.2) is 0 Å². The van der Waals surface area contributed by atoms with Crippen molar-refractivity contribution in [3.05, 3.63) is 34.8 Å². The Labute approximate surface area is 144 Å². The lowest BCUT2D eigenvalue weighted by atomic mass is 10.2. The highest BCUT2D eigenvalue weighted by molar-refractivity contribution is 7.12. The SMILES string of the molecule is O=C(Nc1cnn(CC2CC2)c1)[C@@H]1CCCN1C(=O)c1cccs1. The molecule has 2 fully saturated rings. The Bertz CT molecular complexity index is 736. The van der Waals surface area contributed by atoms with Crippen LogP contribution in [0.25, 0.3) is 0 Å². The molecule has 0 unspecified atom stereocenters. The summed E-state index contributed by atoms with van der Waals surface area (Å²) in [4.78, 5) is 27.5. The van der Waals surface area contributed by atoms with Gasteiger partial charge in [0.05, 0.1) is 16.8 Å². The zero-order chi connectivity index (χ0) is 16.5. The van der Waals surface area contributed by atoms with Gasteiger partial charge in [-0.2, -0.15) is 5.10 Å². The lowest BCUT2D eigenvalue weighted by molar-refractivity contribution is -0.119. The average Bonchev–Trinajstić information content (AvgIpc) is 3.05. The van der Waals surface area contributed by atoms with Crippen LogP contribution >= 0.6 is 11.3 Å². The predicted octanol–water partition coefficient (Wildman–Crippen LogP) is 2.60. The van der Waals surface area contributed by atoms with Crippen LogP contribution in [0.15, 0.2) is 29.9 Å². The van der Waals surface area contributed by atoms with E-state index in [0.717, 1.165) is 18.9 Å². The molecule has 0 radical (unpaired) electrons. The van der Waals surface area contributed by atoms with Gasteiger partial charge in [-0.3, -0.25) is 14.3 Å². The summed E-state index contributed by atoms with van der Waals surface area (Å²) in [5.74, 6) is 0.567. The van der Waals surface area contributed by atoms with Crippen molar-refractivity contribution < 1.29 is 9.59 Å². The van der Waals surface area contributed by atoms with Crippen LogP contribution in [-0.2, 0) is 11.3 Å². The number of nitrogens with one attached hydrogen (secondary N) is 1. The smallest absolute Gasteiger partial charge is 0.264 e. The Morgan fingerprint density at radius 2 is 2.21 bits per heavy atom. The second-order valence-corrected chi connectivity index (χ2v) is 7.47. The number of amides is 2. The van der Waals surface area contributed by atoms with Gasteiger partial charge < -0.3 is 10.2 Å². The first-order valence-corrected chi connectivity index (χ1v) is 9.26. The number of carbonyl (C=O) groups excluding carboxylic acids is 2. The summed E-state index contributed by atoms with van der Waals surface area (Å²) in [5, 5.41) is 9.09. The molecule has 7 heteroatoms.